The van der Waals surface area contributed by atoms with Gasteiger partial charge < -0.3 is 25.5 Å². The van der Waals surface area contributed by atoms with E-state index in [1.165, 1.54) is 12.1 Å². The van der Waals surface area contributed by atoms with Crippen LogP contribution in [0.4, 0.5) is 17.6 Å². The number of carbonyl (C=O) groups excluding carboxylic acids is 2. The number of hydrogen-bond acceptors (Lipinski definition) is 4. The summed E-state index contributed by atoms with van der Waals surface area (Å²) in [4.78, 5) is 32.2. The fraction of sp³-hybridized carbons (Fsp3) is 0.207. The van der Waals surface area contributed by atoms with E-state index in [1.807, 2.05) is 41.3 Å². The van der Waals surface area contributed by atoms with Gasteiger partial charge >= 0.3 is 6.18 Å². The van der Waals surface area contributed by atoms with Gasteiger partial charge in [-0.3, -0.25) is 4.79 Å². The normalized spacial score (nSPS) is 13.7. The summed E-state index contributed by atoms with van der Waals surface area (Å²) >= 11 is 0. The number of rotatable bonds is 6. The number of H-pyrrole nitrogens is 1. The zero-order chi connectivity index (χ0) is 28.9. The lowest BCUT2D eigenvalue weighted by Gasteiger charge is -2.35. The summed E-state index contributed by atoms with van der Waals surface area (Å²) in [6.45, 7) is 1.32. The van der Waals surface area contributed by atoms with E-state index in [0.29, 0.717) is 25.3 Å². The van der Waals surface area contributed by atoms with Crippen molar-refractivity contribution in [2.45, 2.75) is 31.6 Å². The number of nitrogens with zero attached hydrogens (tertiary/aromatic N) is 2. The summed E-state index contributed by atoms with van der Waals surface area (Å²) < 4.78 is 45.3. The number of hydrogen-bond donors (Lipinski definition) is 2. The third-order valence-electron chi connectivity index (χ3n) is 6.50. The fourth-order valence-electron chi connectivity index (χ4n) is 4.51. The van der Waals surface area contributed by atoms with Gasteiger partial charge in [-0.05, 0) is 41.8 Å². The van der Waals surface area contributed by atoms with Crippen LogP contribution in [0.5, 0.6) is 0 Å². The molecule has 11 heteroatoms. The number of carboxylic acids is 1. The zero-order valence-corrected chi connectivity index (χ0v) is 21.2. The monoisotopic (exact) mass is 554 g/mol. The standard InChI is InChI=1S/C27H25FN4O.C2HF3O2/c28-22-8-4-7-21(15-22)24-17-30-26(31-24)25(14-18-5-2-1-3-6-18)32-12-11-20-13-19(16-29)9-10-23(20)27(32)33;3-2(4,5)1(6)7/h1-10,13,15,17,25H,11-12,14,16,29H2,(H,30,31);(H,6,7)/t25-;/m0./s1. The first kappa shape index (κ1) is 28.5. The highest BCUT2D eigenvalue weighted by molar-refractivity contribution is 5.97. The summed E-state index contributed by atoms with van der Waals surface area (Å²) in [7, 11) is 0. The Bertz CT molecular complexity index is 1490. The number of carboxylic acid groups (broad SMARTS) is 1. The number of imidazole rings is 1. The lowest BCUT2D eigenvalue weighted by molar-refractivity contribution is -0.386. The number of aromatic nitrogens is 2. The van der Waals surface area contributed by atoms with Crippen molar-refractivity contribution < 1.29 is 38.0 Å². The van der Waals surface area contributed by atoms with E-state index in [9.17, 15) is 22.4 Å². The first-order valence-electron chi connectivity index (χ1n) is 12.4. The minimum absolute atomic E-state index is 0.0106. The van der Waals surface area contributed by atoms with Gasteiger partial charge in [-0.25, -0.2) is 9.37 Å². The third kappa shape index (κ3) is 6.73. The highest BCUT2D eigenvalue weighted by Crippen LogP contribution is 2.31. The second-order valence-electron chi connectivity index (χ2n) is 9.17. The number of nitrogens with one attached hydrogen (secondary N) is 1. The fourth-order valence-corrected chi connectivity index (χ4v) is 4.51. The maximum Gasteiger partial charge on any atom is 0.430 e. The van der Waals surface area contributed by atoms with Crippen LogP contribution in [-0.2, 0) is 24.2 Å². The number of aromatic amines is 1. The summed E-state index contributed by atoms with van der Waals surface area (Å²) in [6.07, 6.45) is -2.06. The van der Waals surface area contributed by atoms with E-state index in [2.05, 4.69) is 33.9 Å². The molecule has 0 saturated carbocycles. The predicted molar refractivity (Wildman–Crippen MR) is 136 cm³/mol. The number of benzene rings is 3. The van der Waals surface area contributed by atoms with E-state index in [-0.39, 0.29) is 17.8 Å². The molecule has 4 aromatic rings. The van der Waals surface area contributed by atoms with Crippen LogP contribution in [0.1, 0.15) is 38.9 Å². The van der Waals surface area contributed by atoms with Gasteiger partial charge in [-0.1, -0.05) is 48.5 Å². The molecule has 0 unspecified atom stereocenters. The number of aliphatic carboxylic acids is 1. The predicted octanol–water partition coefficient (Wildman–Crippen LogP) is 3.24. The van der Waals surface area contributed by atoms with Crippen molar-refractivity contribution in [3.8, 4) is 11.3 Å². The SMILES string of the molecule is O=C([O-])C(F)(F)F.[NH3+]Cc1ccc2c(c1)CCN([C@@H](Cc1ccccc1)c1ncc(-c3cccc(F)c3)[nH]1)C2=O. The molecular weight excluding hydrogens is 528 g/mol. The van der Waals surface area contributed by atoms with Crippen molar-refractivity contribution >= 4 is 11.9 Å². The number of carbonyl (C=O) groups is 2. The highest BCUT2D eigenvalue weighted by atomic mass is 19.4. The van der Waals surface area contributed by atoms with Crippen molar-refractivity contribution in [2.75, 3.05) is 6.54 Å². The Labute approximate surface area is 227 Å². The quantitative estimate of drug-likeness (QED) is 0.356. The third-order valence-corrected chi connectivity index (χ3v) is 6.50. The Morgan fingerprint density at radius 2 is 1.77 bits per heavy atom. The molecule has 7 nitrogen and oxygen atoms in total. The number of halogens is 4. The molecule has 0 fully saturated rings. The van der Waals surface area contributed by atoms with Crippen LogP contribution in [0.15, 0.2) is 79.0 Å². The molecule has 0 bridgehead atoms. The van der Waals surface area contributed by atoms with Gasteiger partial charge in [0.1, 0.15) is 17.6 Å². The number of fused-ring (bicyclic) bond motifs is 1. The van der Waals surface area contributed by atoms with Crippen LogP contribution < -0.4 is 10.8 Å². The van der Waals surface area contributed by atoms with Gasteiger partial charge in [0, 0.05) is 29.7 Å². The van der Waals surface area contributed by atoms with Crippen molar-refractivity contribution in [2.24, 2.45) is 0 Å². The van der Waals surface area contributed by atoms with E-state index < -0.39 is 12.1 Å². The first-order chi connectivity index (χ1) is 19.1. The van der Waals surface area contributed by atoms with Gasteiger partial charge in [0.25, 0.3) is 5.91 Å². The average Bonchev–Trinajstić information content (AvgIpc) is 3.43. The molecule has 5 rings (SSSR count). The Morgan fingerprint density at radius 3 is 2.42 bits per heavy atom. The van der Waals surface area contributed by atoms with Crippen LogP contribution in [0.2, 0.25) is 0 Å². The van der Waals surface area contributed by atoms with Crippen molar-refractivity contribution in [1.82, 2.24) is 14.9 Å². The van der Waals surface area contributed by atoms with Gasteiger partial charge in [0.15, 0.2) is 0 Å². The lowest BCUT2D eigenvalue weighted by Crippen LogP contribution is -2.47. The van der Waals surface area contributed by atoms with Crippen LogP contribution >= 0.6 is 0 Å². The largest absolute Gasteiger partial charge is 0.542 e. The molecule has 0 spiro atoms. The molecular formula is C29H26F4N4O3. The molecule has 40 heavy (non-hydrogen) atoms. The first-order valence-corrected chi connectivity index (χ1v) is 12.4. The minimum Gasteiger partial charge on any atom is -0.542 e. The molecule has 3 aromatic carbocycles. The van der Waals surface area contributed by atoms with Crippen LogP contribution in [0.25, 0.3) is 11.3 Å². The van der Waals surface area contributed by atoms with Crippen LogP contribution in [0, 0.1) is 5.82 Å². The lowest BCUT2D eigenvalue weighted by atomic mass is 9.94. The van der Waals surface area contributed by atoms with Crippen molar-refractivity contribution in [3.05, 3.63) is 113 Å². The van der Waals surface area contributed by atoms with Gasteiger partial charge in [0.05, 0.1) is 24.5 Å². The molecule has 1 amide bonds. The van der Waals surface area contributed by atoms with E-state index in [0.717, 1.165) is 39.9 Å². The maximum atomic E-state index is 13.8. The topological polar surface area (TPSA) is 117 Å². The number of quaternary nitrogens is 1. The molecule has 1 aliphatic rings. The molecule has 0 saturated heterocycles. The van der Waals surface area contributed by atoms with Gasteiger partial charge in [0.2, 0.25) is 0 Å². The Hall–Kier alpha value is -4.51. The molecule has 4 N–H and O–H groups in total. The number of alkyl halides is 3. The van der Waals surface area contributed by atoms with Crippen molar-refractivity contribution in [1.29, 1.82) is 0 Å². The molecule has 208 valence electrons. The van der Waals surface area contributed by atoms with E-state index >= 15 is 0 Å². The molecule has 0 aliphatic carbocycles. The second kappa shape index (κ2) is 12.1. The van der Waals surface area contributed by atoms with E-state index in [1.54, 1.807) is 12.3 Å². The summed E-state index contributed by atoms with van der Waals surface area (Å²) in [5, 5.41) is 8.78. The highest BCUT2D eigenvalue weighted by Gasteiger charge is 2.33. The maximum absolute atomic E-state index is 13.8. The Balaban J connectivity index is 0.000000470. The molecule has 0 radical (unpaired) electrons. The van der Waals surface area contributed by atoms with Gasteiger partial charge in [-0.15, -0.1) is 0 Å². The molecule has 1 aromatic heterocycles. The Kier molecular flexibility index (Phi) is 8.64. The van der Waals surface area contributed by atoms with Crippen molar-refractivity contribution in [3.63, 3.8) is 0 Å². The molecule has 1 atom stereocenters. The number of amides is 1. The van der Waals surface area contributed by atoms with Crippen LogP contribution in [0.3, 0.4) is 0 Å². The smallest absolute Gasteiger partial charge is 0.430 e. The second-order valence-corrected chi connectivity index (χ2v) is 9.17. The summed E-state index contributed by atoms with van der Waals surface area (Å²) in [5.41, 5.74) is 9.50. The summed E-state index contributed by atoms with van der Waals surface area (Å²) in [5.74, 6) is -2.60. The van der Waals surface area contributed by atoms with E-state index in [4.69, 9.17) is 9.90 Å². The Morgan fingerprint density at radius 1 is 1.05 bits per heavy atom. The van der Waals surface area contributed by atoms with Crippen LogP contribution in [-0.4, -0.2) is 39.5 Å². The minimum atomic E-state index is -5.19. The average molecular weight is 555 g/mol. The summed E-state index contributed by atoms with van der Waals surface area (Å²) in [6, 6.07) is 22.3. The zero-order valence-electron chi connectivity index (χ0n) is 21.2. The molecule has 1 aliphatic heterocycles. The molecule has 2 heterocycles. The van der Waals surface area contributed by atoms with Gasteiger partial charge in [-0.2, -0.15) is 13.2 Å².